The third-order valence-electron chi connectivity index (χ3n) is 3.30. The average molecular weight is 258 g/mol. The van der Waals surface area contributed by atoms with Gasteiger partial charge in [-0.15, -0.1) is 0 Å². The van der Waals surface area contributed by atoms with Crippen LogP contribution in [0.1, 0.15) is 18.2 Å². The van der Waals surface area contributed by atoms with Crippen molar-refractivity contribution in [1.29, 1.82) is 0 Å². The average Bonchev–Trinajstić information content (AvgIpc) is 2.67. The van der Waals surface area contributed by atoms with Crippen LogP contribution in [0.3, 0.4) is 0 Å². The van der Waals surface area contributed by atoms with Gasteiger partial charge >= 0.3 is 5.63 Å². The predicted molar refractivity (Wildman–Crippen MR) is 72.9 cm³/mol. The fraction of sp³-hybridized carbons (Fsp3) is 0.267. The van der Waals surface area contributed by atoms with Gasteiger partial charge in [0.1, 0.15) is 22.5 Å². The Kier molecular flexibility index (Phi) is 2.59. The van der Waals surface area contributed by atoms with E-state index in [2.05, 4.69) is 0 Å². The topological polar surface area (TPSA) is 52.6 Å². The molecule has 4 heteroatoms. The number of hydrogen-bond acceptors (Lipinski definition) is 4. The molecule has 0 bridgehead atoms. The zero-order chi connectivity index (χ0) is 13.6. The minimum absolute atomic E-state index is 0.370. The summed E-state index contributed by atoms with van der Waals surface area (Å²) in [7, 11) is 0. The van der Waals surface area contributed by atoms with Crippen molar-refractivity contribution < 1.29 is 13.6 Å². The second-order valence-corrected chi connectivity index (χ2v) is 4.47. The Morgan fingerprint density at radius 3 is 2.74 bits per heavy atom. The molecule has 0 amide bonds. The van der Waals surface area contributed by atoms with Crippen molar-refractivity contribution in [2.45, 2.75) is 20.8 Å². The third kappa shape index (κ3) is 1.71. The molecule has 1 aromatic carbocycles. The first kappa shape index (κ1) is 11.8. The normalized spacial score (nSPS) is 11.3. The van der Waals surface area contributed by atoms with Crippen LogP contribution in [0.4, 0.5) is 0 Å². The van der Waals surface area contributed by atoms with Gasteiger partial charge in [0, 0.05) is 11.6 Å². The second-order valence-electron chi connectivity index (χ2n) is 4.47. The van der Waals surface area contributed by atoms with E-state index in [4.69, 9.17) is 13.6 Å². The summed E-state index contributed by atoms with van der Waals surface area (Å²) < 4.78 is 16.5. The van der Waals surface area contributed by atoms with E-state index in [1.807, 2.05) is 32.9 Å². The number of furan rings is 1. The molecule has 98 valence electrons. The molecular formula is C15H14O4. The minimum atomic E-state index is -0.370. The van der Waals surface area contributed by atoms with Gasteiger partial charge in [-0.2, -0.15) is 0 Å². The number of rotatable bonds is 2. The molecular weight excluding hydrogens is 244 g/mol. The first-order valence-electron chi connectivity index (χ1n) is 6.21. The van der Waals surface area contributed by atoms with Crippen molar-refractivity contribution in [1.82, 2.24) is 0 Å². The van der Waals surface area contributed by atoms with Crippen LogP contribution in [0.5, 0.6) is 5.75 Å². The van der Waals surface area contributed by atoms with Crippen molar-refractivity contribution in [3.8, 4) is 5.75 Å². The van der Waals surface area contributed by atoms with E-state index in [-0.39, 0.29) is 5.63 Å². The molecule has 2 heterocycles. The Hall–Kier alpha value is -2.23. The Balaban J connectivity index is 2.41. The largest absolute Gasteiger partial charge is 0.494 e. The number of benzene rings is 1. The molecule has 2 aromatic heterocycles. The lowest BCUT2D eigenvalue weighted by molar-refractivity contribution is 0.340. The minimum Gasteiger partial charge on any atom is -0.494 e. The first-order chi connectivity index (χ1) is 9.11. The van der Waals surface area contributed by atoms with Gasteiger partial charge in [-0.05, 0) is 32.9 Å². The molecule has 0 saturated carbocycles. The summed E-state index contributed by atoms with van der Waals surface area (Å²) in [4.78, 5) is 12.0. The smallest absolute Gasteiger partial charge is 0.347 e. The van der Waals surface area contributed by atoms with E-state index >= 15 is 0 Å². The van der Waals surface area contributed by atoms with E-state index in [1.165, 1.54) is 0 Å². The molecule has 3 aromatic rings. The highest BCUT2D eigenvalue weighted by Gasteiger charge is 2.16. The van der Waals surface area contributed by atoms with E-state index in [1.54, 1.807) is 6.07 Å². The zero-order valence-electron chi connectivity index (χ0n) is 11.1. The van der Waals surface area contributed by atoms with Crippen LogP contribution in [-0.4, -0.2) is 6.61 Å². The lowest BCUT2D eigenvalue weighted by atomic mass is 10.1. The standard InChI is InChI=1S/C15H14O4/c1-4-17-10-5-6-11-12(7-10)19-15(16)13-8(2)9(3)18-14(11)13/h5-7H,4H2,1-3H3. The van der Waals surface area contributed by atoms with Crippen molar-refractivity contribution in [2.24, 2.45) is 0 Å². The Labute approximate surface area is 109 Å². The Morgan fingerprint density at radius 1 is 1.21 bits per heavy atom. The van der Waals surface area contributed by atoms with Gasteiger partial charge < -0.3 is 13.6 Å². The second kappa shape index (κ2) is 4.16. The monoisotopic (exact) mass is 258 g/mol. The highest BCUT2D eigenvalue weighted by molar-refractivity contribution is 6.02. The molecule has 0 unspecified atom stereocenters. The fourth-order valence-corrected chi connectivity index (χ4v) is 2.24. The van der Waals surface area contributed by atoms with Crippen molar-refractivity contribution in [2.75, 3.05) is 6.61 Å². The summed E-state index contributed by atoms with van der Waals surface area (Å²) in [5.74, 6) is 1.42. The van der Waals surface area contributed by atoms with Crippen molar-refractivity contribution in [3.63, 3.8) is 0 Å². The van der Waals surface area contributed by atoms with E-state index in [0.717, 1.165) is 16.7 Å². The predicted octanol–water partition coefficient (Wildman–Crippen LogP) is 3.55. The number of ether oxygens (including phenoxy) is 1. The first-order valence-corrected chi connectivity index (χ1v) is 6.21. The number of fused-ring (bicyclic) bond motifs is 3. The molecule has 0 radical (unpaired) electrons. The molecule has 0 aliphatic rings. The van der Waals surface area contributed by atoms with Gasteiger partial charge in [0.15, 0.2) is 5.58 Å². The van der Waals surface area contributed by atoms with Crippen LogP contribution in [-0.2, 0) is 0 Å². The molecule has 0 fully saturated rings. The zero-order valence-corrected chi connectivity index (χ0v) is 11.1. The Morgan fingerprint density at radius 2 is 2.00 bits per heavy atom. The lowest BCUT2D eigenvalue weighted by Crippen LogP contribution is -2.00. The SMILES string of the molecule is CCOc1ccc2c(c1)oc(=O)c1c(C)c(C)oc12. The summed E-state index contributed by atoms with van der Waals surface area (Å²) in [6.45, 7) is 6.17. The summed E-state index contributed by atoms with van der Waals surface area (Å²) >= 11 is 0. The maximum atomic E-state index is 12.0. The summed E-state index contributed by atoms with van der Waals surface area (Å²) in [5, 5.41) is 1.31. The highest BCUT2D eigenvalue weighted by Crippen LogP contribution is 2.30. The van der Waals surface area contributed by atoms with Crippen LogP contribution < -0.4 is 10.4 Å². The van der Waals surface area contributed by atoms with Gasteiger partial charge in [0.2, 0.25) is 0 Å². The Bertz CT molecular complexity index is 823. The third-order valence-corrected chi connectivity index (χ3v) is 3.30. The molecule has 19 heavy (non-hydrogen) atoms. The van der Waals surface area contributed by atoms with Gasteiger partial charge in [0.25, 0.3) is 0 Å². The van der Waals surface area contributed by atoms with E-state index in [9.17, 15) is 4.79 Å². The maximum absolute atomic E-state index is 12.0. The van der Waals surface area contributed by atoms with Gasteiger partial charge in [-0.1, -0.05) is 0 Å². The highest BCUT2D eigenvalue weighted by atomic mass is 16.5. The number of aryl methyl sites for hydroxylation is 2. The molecule has 0 spiro atoms. The molecule has 3 rings (SSSR count). The number of hydrogen-bond donors (Lipinski definition) is 0. The van der Waals surface area contributed by atoms with Crippen LogP contribution >= 0.6 is 0 Å². The van der Waals surface area contributed by atoms with Gasteiger partial charge in [0.05, 0.1) is 12.0 Å². The van der Waals surface area contributed by atoms with Crippen LogP contribution in [0, 0.1) is 13.8 Å². The van der Waals surface area contributed by atoms with Gasteiger partial charge in [-0.3, -0.25) is 0 Å². The fourth-order valence-electron chi connectivity index (χ4n) is 2.24. The lowest BCUT2D eigenvalue weighted by Gasteiger charge is -2.03. The quantitative estimate of drug-likeness (QED) is 0.659. The molecule has 0 saturated heterocycles. The summed E-state index contributed by atoms with van der Waals surface area (Å²) in [5.41, 5.74) is 1.53. The van der Waals surface area contributed by atoms with Gasteiger partial charge in [-0.25, -0.2) is 4.79 Å². The summed E-state index contributed by atoms with van der Waals surface area (Å²) in [6, 6.07) is 5.42. The van der Waals surface area contributed by atoms with E-state index in [0.29, 0.717) is 28.9 Å². The molecule has 0 atom stereocenters. The molecule has 0 aliphatic carbocycles. The van der Waals surface area contributed by atoms with Crippen LogP contribution in [0.2, 0.25) is 0 Å². The molecule has 0 N–H and O–H groups in total. The van der Waals surface area contributed by atoms with Crippen LogP contribution in [0.25, 0.3) is 21.9 Å². The summed E-state index contributed by atoms with van der Waals surface area (Å²) in [6.07, 6.45) is 0. The van der Waals surface area contributed by atoms with Crippen LogP contribution in [0.15, 0.2) is 31.8 Å². The van der Waals surface area contributed by atoms with E-state index < -0.39 is 0 Å². The van der Waals surface area contributed by atoms with Crippen molar-refractivity contribution in [3.05, 3.63) is 39.9 Å². The molecule has 4 nitrogen and oxygen atoms in total. The molecule has 0 aliphatic heterocycles. The maximum Gasteiger partial charge on any atom is 0.347 e. The van der Waals surface area contributed by atoms with Crippen molar-refractivity contribution >= 4 is 21.9 Å².